The summed E-state index contributed by atoms with van der Waals surface area (Å²) in [6.45, 7) is 3.76. The summed E-state index contributed by atoms with van der Waals surface area (Å²) in [4.78, 5) is 4.40. The molecule has 18 heavy (non-hydrogen) atoms. The van der Waals surface area contributed by atoms with E-state index >= 15 is 0 Å². The maximum Gasteiger partial charge on any atom is 0.205 e. The summed E-state index contributed by atoms with van der Waals surface area (Å²) in [5.74, 6) is 7.11. The summed E-state index contributed by atoms with van der Waals surface area (Å²) < 4.78 is 4.99. The van der Waals surface area contributed by atoms with E-state index in [4.69, 9.17) is 10.6 Å². The van der Waals surface area contributed by atoms with Crippen LogP contribution in [-0.2, 0) is 4.74 Å². The van der Waals surface area contributed by atoms with Crippen molar-refractivity contribution < 1.29 is 4.74 Å². The van der Waals surface area contributed by atoms with E-state index < -0.39 is 0 Å². The average molecular weight is 256 g/mol. The molecule has 1 rings (SSSR count). The van der Waals surface area contributed by atoms with E-state index in [1.165, 1.54) is 32.1 Å². The number of nitrogens with one attached hydrogen (secondary N) is 2. The highest BCUT2D eigenvalue weighted by Gasteiger charge is 2.20. The van der Waals surface area contributed by atoms with Gasteiger partial charge in [-0.3, -0.25) is 10.4 Å². The van der Waals surface area contributed by atoms with E-state index in [2.05, 4.69) is 22.7 Å². The molecule has 1 fully saturated rings. The summed E-state index contributed by atoms with van der Waals surface area (Å²) in [5, 5.41) is 3.40. The van der Waals surface area contributed by atoms with Gasteiger partial charge in [-0.1, -0.05) is 13.3 Å². The Kier molecular flexibility index (Phi) is 7.76. The molecule has 1 aliphatic carbocycles. The second-order valence-corrected chi connectivity index (χ2v) is 4.99. The number of aliphatic imine (C=N–C) groups is 1. The van der Waals surface area contributed by atoms with Crippen LogP contribution in [0, 0.1) is 5.92 Å². The van der Waals surface area contributed by atoms with Crippen molar-refractivity contribution in [1.82, 2.24) is 10.7 Å². The first-order valence-electron chi connectivity index (χ1n) is 7.06. The number of ether oxygens (including phenoxy) is 1. The van der Waals surface area contributed by atoms with Crippen LogP contribution >= 0.6 is 0 Å². The van der Waals surface area contributed by atoms with Gasteiger partial charge in [0.25, 0.3) is 0 Å². The van der Waals surface area contributed by atoms with Crippen LogP contribution in [0.4, 0.5) is 0 Å². The fourth-order valence-electron chi connectivity index (χ4n) is 2.44. The molecule has 1 aliphatic rings. The van der Waals surface area contributed by atoms with Crippen molar-refractivity contribution in [2.45, 2.75) is 51.5 Å². The zero-order valence-corrected chi connectivity index (χ0v) is 11.7. The molecule has 1 saturated carbocycles. The quantitative estimate of drug-likeness (QED) is 0.221. The van der Waals surface area contributed by atoms with E-state index in [9.17, 15) is 0 Å². The summed E-state index contributed by atoms with van der Waals surface area (Å²) in [6, 6.07) is 0.519. The molecule has 5 nitrogen and oxygen atoms in total. The lowest BCUT2D eigenvalue weighted by Gasteiger charge is -2.29. The molecule has 0 aromatic heterocycles. The van der Waals surface area contributed by atoms with Crippen LogP contribution in [0.1, 0.15) is 45.4 Å². The highest BCUT2D eigenvalue weighted by atomic mass is 16.5. The van der Waals surface area contributed by atoms with Crippen molar-refractivity contribution >= 4 is 5.96 Å². The normalized spacial score (nSPS) is 24.9. The van der Waals surface area contributed by atoms with E-state index in [0.29, 0.717) is 12.0 Å². The van der Waals surface area contributed by atoms with Crippen LogP contribution in [0.5, 0.6) is 0 Å². The molecule has 4 N–H and O–H groups in total. The Balaban J connectivity index is 2.26. The Bertz CT molecular complexity index is 237. The maximum absolute atomic E-state index is 5.48. The molecule has 0 aliphatic heterocycles. The van der Waals surface area contributed by atoms with Gasteiger partial charge in [0.05, 0.1) is 0 Å². The minimum absolute atomic E-state index is 0.519. The molecule has 0 heterocycles. The standard InChI is InChI=1S/C13H28N4O/c1-3-11-5-7-12(8-6-11)16-13(17-14)15-9-4-10-18-2/h11-12H,3-10,14H2,1-2H3,(H2,15,16,17). The van der Waals surface area contributed by atoms with Crippen LogP contribution in [0.3, 0.4) is 0 Å². The predicted molar refractivity (Wildman–Crippen MR) is 75.3 cm³/mol. The molecule has 0 bridgehead atoms. The Morgan fingerprint density at radius 2 is 2.06 bits per heavy atom. The van der Waals surface area contributed by atoms with Crippen LogP contribution in [0.15, 0.2) is 4.99 Å². The molecular formula is C13H28N4O. The molecule has 106 valence electrons. The summed E-state index contributed by atoms with van der Waals surface area (Å²) >= 11 is 0. The van der Waals surface area contributed by atoms with Crippen LogP contribution in [-0.4, -0.2) is 32.3 Å². The smallest absolute Gasteiger partial charge is 0.205 e. The second kappa shape index (κ2) is 9.16. The predicted octanol–water partition coefficient (Wildman–Crippen LogP) is 1.40. The van der Waals surface area contributed by atoms with Crippen molar-refractivity contribution in [2.75, 3.05) is 20.3 Å². The highest BCUT2D eigenvalue weighted by Crippen LogP contribution is 2.26. The highest BCUT2D eigenvalue weighted by molar-refractivity contribution is 5.79. The van der Waals surface area contributed by atoms with Gasteiger partial charge in [0.2, 0.25) is 5.96 Å². The minimum Gasteiger partial charge on any atom is -0.385 e. The Morgan fingerprint density at radius 3 is 2.61 bits per heavy atom. The van der Waals surface area contributed by atoms with Gasteiger partial charge in [0.15, 0.2) is 0 Å². The first kappa shape index (κ1) is 15.2. The van der Waals surface area contributed by atoms with Crippen molar-refractivity contribution in [2.24, 2.45) is 16.8 Å². The van der Waals surface area contributed by atoms with Crippen LogP contribution < -0.4 is 16.6 Å². The van der Waals surface area contributed by atoms with Crippen molar-refractivity contribution in [3.8, 4) is 0 Å². The first-order chi connectivity index (χ1) is 8.80. The lowest BCUT2D eigenvalue weighted by atomic mass is 9.85. The van der Waals surface area contributed by atoms with Crippen molar-refractivity contribution in [3.05, 3.63) is 0 Å². The number of rotatable bonds is 6. The van der Waals surface area contributed by atoms with Crippen LogP contribution in [0.2, 0.25) is 0 Å². The SMILES string of the molecule is CCC1CCC(NC(=NCCCOC)NN)CC1. The molecule has 0 amide bonds. The van der Waals surface area contributed by atoms with Gasteiger partial charge >= 0.3 is 0 Å². The van der Waals surface area contributed by atoms with Gasteiger partial charge in [0.1, 0.15) is 0 Å². The minimum atomic E-state index is 0.519. The molecular weight excluding hydrogens is 228 g/mol. The van der Waals surface area contributed by atoms with Crippen molar-refractivity contribution in [3.63, 3.8) is 0 Å². The fourth-order valence-corrected chi connectivity index (χ4v) is 2.44. The number of hydrazine groups is 1. The first-order valence-corrected chi connectivity index (χ1v) is 7.06. The van der Waals surface area contributed by atoms with Gasteiger partial charge in [-0.05, 0) is 38.0 Å². The van der Waals surface area contributed by atoms with Gasteiger partial charge in [-0.2, -0.15) is 0 Å². The molecule has 0 unspecified atom stereocenters. The third-order valence-electron chi connectivity index (χ3n) is 3.68. The Labute approximate surface area is 111 Å². The summed E-state index contributed by atoms with van der Waals surface area (Å²) in [5.41, 5.74) is 2.65. The third-order valence-corrected chi connectivity index (χ3v) is 3.68. The number of nitrogens with two attached hydrogens (primary N) is 1. The number of hydrogen-bond donors (Lipinski definition) is 3. The lowest BCUT2D eigenvalue weighted by Crippen LogP contribution is -2.47. The summed E-state index contributed by atoms with van der Waals surface area (Å²) in [6.07, 6.45) is 7.30. The molecule has 0 spiro atoms. The molecule has 0 aromatic rings. The van der Waals surface area contributed by atoms with Gasteiger partial charge in [-0.25, -0.2) is 5.84 Å². The van der Waals surface area contributed by atoms with Gasteiger partial charge < -0.3 is 10.1 Å². The van der Waals surface area contributed by atoms with E-state index in [0.717, 1.165) is 25.5 Å². The molecule has 5 heteroatoms. The lowest BCUT2D eigenvalue weighted by molar-refractivity contribution is 0.197. The number of guanidine groups is 1. The Hall–Kier alpha value is -0.810. The Morgan fingerprint density at radius 1 is 1.33 bits per heavy atom. The average Bonchev–Trinajstić information content (AvgIpc) is 2.43. The monoisotopic (exact) mass is 256 g/mol. The molecule has 0 saturated heterocycles. The van der Waals surface area contributed by atoms with E-state index in [1.807, 2.05) is 0 Å². The molecule has 0 radical (unpaired) electrons. The van der Waals surface area contributed by atoms with Crippen molar-refractivity contribution in [1.29, 1.82) is 0 Å². The largest absolute Gasteiger partial charge is 0.385 e. The molecule has 0 atom stereocenters. The topological polar surface area (TPSA) is 71.7 Å². The maximum atomic E-state index is 5.48. The van der Waals surface area contributed by atoms with Crippen LogP contribution in [0.25, 0.3) is 0 Å². The fraction of sp³-hybridized carbons (Fsp3) is 0.923. The zero-order valence-electron chi connectivity index (χ0n) is 11.7. The second-order valence-electron chi connectivity index (χ2n) is 4.99. The number of hydrogen-bond acceptors (Lipinski definition) is 3. The van der Waals surface area contributed by atoms with E-state index in [-0.39, 0.29) is 0 Å². The van der Waals surface area contributed by atoms with Gasteiger partial charge in [-0.15, -0.1) is 0 Å². The third kappa shape index (κ3) is 5.69. The van der Waals surface area contributed by atoms with Gasteiger partial charge in [0, 0.05) is 26.3 Å². The molecule has 0 aromatic carbocycles. The number of nitrogens with zero attached hydrogens (tertiary/aromatic N) is 1. The number of methoxy groups -OCH3 is 1. The summed E-state index contributed by atoms with van der Waals surface area (Å²) in [7, 11) is 1.70. The van der Waals surface area contributed by atoms with E-state index in [1.54, 1.807) is 7.11 Å². The zero-order chi connectivity index (χ0) is 13.2.